The van der Waals surface area contributed by atoms with E-state index >= 15 is 0 Å². The van der Waals surface area contributed by atoms with Crippen molar-refractivity contribution in [2.75, 3.05) is 0 Å². The summed E-state index contributed by atoms with van der Waals surface area (Å²) in [6.07, 6.45) is 5.46. The minimum absolute atomic E-state index is 0.0622. The molecule has 1 amide bonds. The lowest BCUT2D eigenvalue weighted by Gasteiger charge is -2.38. The molecule has 2 N–H and O–H groups in total. The van der Waals surface area contributed by atoms with Crippen molar-refractivity contribution in [3.8, 4) is 17.2 Å². The van der Waals surface area contributed by atoms with Crippen molar-refractivity contribution in [1.29, 1.82) is 5.26 Å². The third kappa shape index (κ3) is 4.58. The molecule has 2 aromatic rings. The lowest BCUT2D eigenvalue weighted by Crippen LogP contribution is -2.49. The summed E-state index contributed by atoms with van der Waals surface area (Å²) in [6, 6.07) is 5.28. The topological polar surface area (TPSA) is 77.9 Å². The van der Waals surface area contributed by atoms with Gasteiger partial charge in [-0.1, -0.05) is 19.3 Å². The summed E-state index contributed by atoms with van der Waals surface area (Å²) < 4.78 is 33.9. The number of hydrogen-bond donors (Lipinski definition) is 2. The molecule has 29 heavy (non-hydrogen) atoms. The molecule has 3 rings (SSSR count). The molecule has 0 radical (unpaired) electrons. The first-order valence-electron chi connectivity index (χ1n) is 9.73. The van der Waals surface area contributed by atoms with Crippen LogP contribution in [0.1, 0.15) is 64.1 Å². The fraction of sp³-hybridized carbons (Fsp3) is 0.455. The molecule has 1 aromatic carbocycles. The Bertz CT molecular complexity index is 948. The lowest BCUT2D eigenvalue weighted by atomic mass is 9.79. The Labute approximate surface area is 169 Å². The van der Waals surface area contributed by atoms with E-state index in [0.29, 0.717) is 5.56 Å². The fourth-order valence-electron chi connectivity index (χ4n) is 3.80. The standard InChI is InChI=1S/C22H25F2N3O2/c1-21(2,3)29-20(28)27-22(7-5-4-6-8-22)19-10-15(13-26-19)16-11-17(23)14(12-25)9-18(16)24/h9-11,13,26H,4-8H2,1-3H3,(H,27,28). The van der Waals surface area contributed by atoms with Crippen LogP contribution in [0.3, 0.4) is 0 Å². The molecule has 1 saturated carbocycles. The number of aromatic amines is 1. The summed E-state index contributed by atoms with van der Waals surface area (Å²) in [5.41, 5.74) is -0.367. The van der Waals surface area contributed by atoms with Crippen molar-refractivity contribution < 1.29 is 18.3 Å². The van der Waals surface area contributed by atoms with Crippen LogP contribution in [0.5, 0.6) is 0 Å². The third-order valence-electron chi connectivity index (χ3n) is 5.13. The van der Waals surface area contributed by atoms with Crippen molar-refractivity contribution in [2.45, 2.75) is 64.0 Å². The smallest absolute Gasteiger partial charge is 0.408 e. The fourth-order valence-corrected chi connectivity index (χ4v) is 3.80. The van der Waals surface area contributed by atoms with Gasteiger partial charge in [0, 0.05) is 23.0 Å². The Morgan fingerprint density at radius 2 is 1.86 bits per heavy atom. The molecule has 0 atom stereocenters. The Hall–Kier alpha value is -2.88. The SMILES string of the molecule is CC(C)(C)OC(=O)NC1(c2cc(-c3cc(F)c(C#N)cc3F)c[nH]2)CCCCC1. The molecular weight excluding hydrogens is 376 g/mol. The maximum atomic E-state index is 14.4. The monoisotopic (exact) mass is 401 g/mol. The maximum Gasteiger partial charge on any atom is 0.408 e. The normalized spacial score (nSPS) is 16.1. The second kappa shape index (κ2) is 7.86. The molecule has 1 aliphatic carbocycles. The number of amides is 1. The van der Waals surface area contributed by atoms with Crippen LogP contribution in [-0.2, 0) is 10.3 Å². The number of nitrogens with zero attached hydrogens (tertiary/aromatic N) is 1. The number of benzene rings is 1. The highest BCUT2D eigenvalue weighted by Gasteiger charge is 2.38. The van der Waals surface area contributed by atoms with E-state index in [0.717, 1.165) is 49.9 Å². The van der Waals surface area contributed by atoms with Gasteiger partial charge in [0.15, 0.2) is 0 Å². The van der Waals surface area contributed by atoms with Crippen LogP contribution in [0.4, 0.5) is 13.6 Å². The molecule has 7 heteroatoms. The molecule has 1 aliphatic rings. The average molecular weight is 401 g/mol. The first-order chi connectivity index (χ1) is 13.6. The van der Waals surface area contributed by atoms with Gasteiger partial charge < -0.3 is 15.0 Å². The number of H-pyrrole nitrogens is 1. The van der Waals surface area contributed by atoms with Gasteiger partial charge in [0.1, 0.15) is 23.3 Å². The summed E-state index contributed by atoms with van der Waals surface area (Å²) in [7, 11) is 0. The molecule has 5 nitrogen and oxygen atoms in total. The van der Waals surface area contributed by atoms with E-state index in [-0.39, 0.29) is 11.1 Å². The van der Waals surface area contributed by atoms with Crippen molar-refractivity contribution in [3.05, 3.63) is 47.3 Å². The molecule has 0 unspecified atom stereocenters. The predicted octanol–water partition coefficient (Wildman–Crippen LogP) is 5.52. The number of nitriles is 1. The van der Waals surface area contributed by atoms with Crippen LogP contribution < -0.4 is 5.32 Å². The number of rotatable bonds is 3. The van der Waals surface area contributed by atoms with E-state index in [1.165, 1.54) is 0 Å². The number of carbonyl (C=O) groups is 1. The number of carbonyl (C=O) groups excluding carboxylic acids is 1. The molecule has 0 bridgehead atoms. The van der Waals surface area contributed by atoms with Gasteiger partial charge in [0.05, 0.1) is 11.1 Å². The number of aromatic nitrogens is 1. The number of halogens is 2. The molecule has 154 valence electrons. The first kappa shape index (κ1) is 20.8. The van der Waals surface area contributed by atoms with Gasteiger partial charge in [0.25, 0.3) is 0 Å². The van der Waals surface area contributed by atoms with Crippen molar-refractivity contribution in [1.82, 2.24) is 10.3 Å². The van der Waals surface area contributed by atoms with Crippen LogP contribution >= 0.6 is 0 Å². The lowest BCUT2D eigenvalue weighted by molar-refractivity contribution is 0.0416. The van der Waals surface area contributed by atoms with Crippen molar-refractivity contribution in [2.24, 2.45) is 0 Å². The predicted molar refractivity (Wildman–Crippen MR) is 105 cm³/mol. The van der Waals surface area contributed by atoms with Gasteiger partial charge in [-0.3, -0.25) is 0 Å². The highest BCUT2D eigenvalue weighted by Crippen LogP contribution is 2.39. The zero-order chi connectivity index (χ0) is 21.2. The first-order valence-corrected chi connectivity index (χ1v) is 9.73. The molecule has 0 saturated heterocycles. The Morgan fingerprint density at radius 1 is 1.17 bits per heavy atom. The Balaban J connectivity index is 1.94. The Kier molecular flexibility index (Phi) is 5.65. The van der Waals surface area contributed by atoms with E-state index in [1.807, 2.05) is 0 Å². The largest absolute Gasteiger partial charge is 0.444 e. The van der Waals surface area contributed by atoms with Crippen LogP contribution in [-0.4, -0.2) is 16.7 Å². The van der Waals surface area contributed by atoms with Gasteiger partial charge in [-0.2, -0.15) is 5.26 Å². The quantitative estimate of drug-likeness (QED) is 0.711. The molecule has 0 aliphatic heterocycles. The van der Waals surface area contributed by atoms with Crippen molar-refractivity contribution in [3.63, 3.8) is 0 Å². The second-order valence-corrected chi connectivity index (χ2v) is 8.50. The summed E-state index contributed by atoms with van der Waals surface area (Å²) >= 11 is 0. The van der Waals surface area contributed by atoms with Crippen LogP contribution in [0.2, 0.25) is 0 Å². The van der Waals surface area contributed by atoms with E-state index in [9.17, 15) is 13.6 Å². The van der Waals surface area contributed by atoms with Gasteiger partial charge in [-0.05, 0) is 51.8 Å². The van der Waals surface area contributed by atoms with Gasteiger partial charge in [-0.25, -0.2) is 13.6 Å². The van der Waals surface area contributed by atoms with Crippen LogP contribution in [0.25, 0.3) is 11.1 Å². The van der Waals surface area contributed by atoms with Crippen molar-refractivity contribution >= 4 is 6.09 Å². The molecular formula is C22H25F2N3O2. The van der Waals surface area contributed by atoms with Gasteiger partial charge >= 0.3 is 6.09 Å². The van der Waals surface area contributed by atoms with Gasteiger partial charge in [0.2, 0.25) is 0 Å². The molecule has 1 fully saturated rings. The zero-order valence-electron chi connectivity index (χ0n) is 16.9. The average Bonchev–Trinajstić information content (AvgIpc) is 3.13. The van der Waals surface area contributed by atoms with Crippen LogP contribution in [0, 0.1) is 23.0 Å². The van der Waals surface area contributed by atoms with E-state index in [1.54, 1.807) is 39.1 Å². The minimum Gasteiger partial charge on any atom is -0.444 e. The molecule has 0 spiro atoms. The summed E-state index contributed by atoms with van der Waals surface area (Å²) in [4.78, 5) is 15.6. The highest BCUT2D eigenvalue weighted by atomic mass is 19.1. The van der Waals surface area contributed by atoms with E-state index in [2.05, 4.69) is 10.3 Å². The second-order valence-electron chi connectivity index (χ2n) is 8.50. The zero-order valence-corrected chi connectivity index (χ0v) is 16.9. The number of alkyl carbamates (subject to hydrolysis) is 1. The number of ether oxygens (including phenoxy) is 1. The minimum atomic E-state index is -0.772. The summed E-state index contributed by atoms with van der Waals surface area (Å²) in [6.45, 7) is 5.40. The summed E-state index contributed by atoms with van der Waals surface area (Å²) in [5, 5.41) is 11.9. The number of hydrogen-bond acceptors (Lipinski definition) is 3. The third-order valence-corrected chi connectivity index (χ3v) is 5.13. The molecule has 1 heterocycles. The van der Waals surface area contributed by atoms with Crippen LogP contribution in [0.15, 0.2) is 24.4 Å². The van der Waals surface area contributed by atoms with Gasteiger partial charge in [-0.15, -0.1) is 0 Å². The highest BCUT2D eigenvalue weighted by molar-refractivity contribution is 5.70. The Morgan fingerprint density at radius 3 is 2.48 bits per heavy atom. The number of nitrogens with one attached hydrogen (secondary N) is 2. The summed E-state index contributed by atoms with van der Waals surface area (Å²) in [5.74, 6) is -1.45. The molecule has 1 aromatic heterocycles. The van der Waals surface area contributed by atoms with E-state index in [4.69, 9.17) is 10.00 Å². The van der Waals surface area contributed by atoms with E-state index < -0.39 is 28.9 Å². The maximum absolute atomic E-state index is 14.4.